The second kappa shape index (κ2) is 7.90. The summed E-state index contributed by atoms with van der Waals surface area (Å²) in [7, 11) is 0. The molecule has 2 nitrogen and oxygen atoms in total. The maximum atomic E-state index is 12.0. The van der Waals surface area contributed by atoms with Crippen molar-refractivity contribution >= 4 is 29.1 Å². The van der Waals surface area contributed by atoms with Gasteiger partial charge in [-0.25, -0.2) is 0 Å². The van der Waals surface area contributed by atoms with E-state index < -0.39 is 0 Å². The van der Waals surface area contributed by atoms with Crippen LogP contribution in [-0.4, -0.2) is 18.3 Å². The van der Waals surface area contributed by atoms with Crippen LogP contribution in [0.2, 0.25) is 5.02 Å². The summed E-state index contributed by atoms with van der Waals surface area (Å²) >= 11 is 11.9. The number of benzene rings is 1. The van der Waals surface area contributed by atoms with E-state index in [1.54, 1.807) is 0 Å². The van der Waals surface area contributed by atoms with Gasteiger partial charge in [-0.15, -0.1) is 11.6 Å². The molecule has 0 aliphatic heterocycles. The van der Waals surface area contributed by atoms with Crippen LogP contribution in [0.4, 0.5) is 0 Å². The molecule has 1 aromatic rings. The molecule has 0 radical (unpaired) electrons. The molecule has 1 aliphatic carbocycles. The third-order valence-electron chi connectivity index (χ3n) is 4.08. The SMILES string of the molecule is O=C(Cc1cccc(Cl)c1)NCC1CCCCC1CCl. The number of halogens is 2. The lowest BCUT2D eigenvalue weighted by atomic mass is 9.80. The molecule has 1 aromatic carbocycles. The van der Waals surface area contributed by atoms with Gasteiger partial charge in [0, 0.05) is 17.4 Å². The van der Waals surface area contributed by atoms with Crippen LogP contribution in [0.15, 0.2) is 24.3 Å². The molecule has 0 aromatic heterocycles. The van der Waals surface area contributed by atoms with Crippen molar-refractivity contribution in [3.05, 3.63) is 34.9 Å². The van der Waals surface area contributed by atoms with Crippen LogP contribution in [0.5, 0.6) is 0 Å². The normalized spacial score (nSPS) is 22.5. The molecule has 2 unspecified atom stereocenters. The van der Waals surface area contributed by atoms with E-state index in [4.69, 9.17) is 23.2 Å². The van der Waals surface area contributed by atoms with Crippen molar-refractivity contribution in [2.75, 3.05) is 12.4 Å². The first kappa shape index (κ1) is 15.7. The van der Waals surface area contributed by atoms with Gasteiger partial charge in [-0.1, -0.05) is 36.6 Å². The lowest BCUT2D eigenvalue weighted by Gasteiger charge is -2.30. The summed E-state index contributed by atoms with van der Waals surface area (Å²) in [5.74, 6) is 1.85. The van der Waals surface area contributed by atoms with Crippen LogP contribution in [0, 0.1) is 11.8 Å². The molecule has 0 bridgehead atoms. The van der Waals surface area contributed by atoms with Crippen molar-refractivity contribution in [3.8, 4) is 0 Å². The van der Waals surface area contributed by atoms with Crippen LogP contribution < -0.4 is 5.32 Å². The minimum Gasteiger partial charge on any atom is -0.356 e. The topological polar surface area (TPSA) is 29.1 Å². The van der Waals surface area contributed by atoms with Crippen molar-refractivity contribution in [2.45, 2.75) is 32.1 Å². The first-order chi connectivity index (χ1) is 9.69. The van der Waals surface area contributed by atoms with Gasteiger partial charge in [0.15, 0.2) is 0 Å². The molecule has 2 atom stereocenters. The van der Waals surface area contributed by atoms with E-state index in [0.29, 0.717) is 29.2 Å². The van der Waals surface area contributed by atoms with Crippen molar-refractivity contribution in [3.63, 3.8) is 0 Å². The van der Waals surface area contributed by atoms with Crippen molar-refractivity contribution in [1.82, 2.24) is 5.32 Å². The highest BCUT2D eigenvalue weighted by Crippen LogP contribution is 2.30. The van der Waals surface area contributed by atoms with Gasteiger partial charge >= 0.3 is 0 Å². The Hall–Kier alpha value is -0.730. The van der Waals surface area contributed by atoms with E-state index in [1.807, 2.05) is 24.3 Å². The molecule has 0 saturated heterocycles. The van der Waals surface area contributed by atoms with Crippen LogP contribution in [0.3, 0.4) is 0 Å². The maximum Gasteiger partial charge on any atom is 0.224 e. The van der Waals surface area contributed by atoms with E-state index in [0.717, 1.165) is 12.1 Å². The molecule has 1 aliphatic rings. The van der Waals surface area contributed by atoms with Crippen LogP contribution >= 0.6 is 23.2 Å². The average molecular weight is 314 g/mol. The molecule has 0 spiro atoms. The summed E-state index contributed by atoms with van der Waals surface area (Å²) in [6.45, 7) is 0.747. The monoisotopic (exact) mass is 313 g/mol. The molecule has 1 N–H and O–H groups in total. The Bertz CT molecular complexity index is 450. The Balaban J connectivity index is 1.79. The number of rotatable bonds is 5. The Morgan fingerprint density at radius 3 is 2.70 bits per heavy atom. The van der Waals surface area contributed by atoms with E-state index in [2.05, 4.69) is 5.32 Å². The van der Waals surface area contributed by atoms with Crippen molar-refractivity contribution in [2.24, 2.45) is 11.8 Å². The third-order valence-corrected chi connectivity index (χ3v) is 4.71. The molecule has 2 rings (SSSR count). The number of hydrogen-bond donors (Lipinski definition) is 1. The summed E-state index contributed by atoms with van der Waals surface area (Å²) in [5.41, 5.74) is 0.951. The Morgan fingerprint density at radius 2 is 2.00 bits per heavy atom. The molecule has 20 heavy (non-hydrogen) atoms. The highest BCUT2D eigenvalue weighted by molar-refractivity contribution is 6.30. The number of amides is 1. The van der Waals surface area contributed by atoms with Gasteiger partial charge in [0.1, 0.15) is 0 Å². The fourth-order valence-electron chi connectivity index (χ4n) is 2.90. The van der Waals surface area contributed by atoms with Gasteiger partial charge in [0.2, 0.25) is 5.91 Å². The van der Waals surface area contributed by atoms with Crippen LogP contribution in [0.25, 0.3) is 0 Å². The second-order valence-corrected chi connectivity index (χ2v) is 6.31. The minimum absolute atomic E-state index is 0.0613. The fraction of sp³-hybridized carbons (Fsp3) is 0.562. The van der Waals surface area contributed by atoms with Crippen LogP contribution in [0.1, 0.15) is 31.2 Å². The predicted octanol–water partition coefficient (Wildman–Crippen LogP) is 4.04. The van der Waals surface area contributed by atoms with Crippen molar-refractivity contribution < 1.29 is 4.79 Å². The Labute approximate surface area is 130 Å². The largest absolute Gasteiger partial charge is 0.356 e. The quantitative estimate of drug-likeness (QED) is 0.816. The van der Waals surface area contributed by atoms with Gasteiger partial charge in [-0.05, 0) is 42.4 Å². The number of carbonyl (C=O) groups excluding carboxylic acids is 1. The lowest BCUT2D eigenvalue weighted by molar-refractivity contribution is -0.120. The molecular formula is C16H21Cl2NO. The zero-order chi connectivity index (χ0) is 14.4. The average Bonchev–Trinajstić information content (AvgIpc) is 2.45. The summed E-state index contributed by atoms with van der Waals surface area (Å²) in [6.07, 6.45) is 5.28. The summed E-state index contributed by atoms with van der Waals surface area (Å²) in [5, 5.41) is 3.72. The summed E-state index contributed by atoms with van der Waals surface area (Å²) in [6, 6.07) is 7.45. The third kappa shape index (κ3) is 4.68. The molecule has 1 amide bonds. The van der Waals surface area contributed by atoms with Crippen LogP contribution in [-0.2, 0) is 11.2 Å². The van der Waals surface area contributed by atoms with E-state index in [9.17, 15) is 4.79 Å². The number of hydrogen-bond acceptors (Lipinski definition) is 1. The lowest BCUT2D eigenvalue weighted by Crippen LogP contribution is -2.35. The molecule has 110 valence electrons. The first-order valence-electron chi connectivity index (χ1n) is 7.26. The number of alkyl halides is 1. The minimum atomic E-state index is 0.0613. The van der Waals surface area contributed by atoms with Gasteiger partial charge in [-0.3, -0.25) is 4.79 Å². The van der Waals surface area contributed by atoms with E-state index >= 15 is 0 Å². The zero-order valence-corrected chi connectivity index (χ0v) is 13.1. The Morgan fingerprint density at radius 1 is 1.25 bits per heavy atom. The fourth-order valence-corrected chi connectivity index (χ4v) is 3.52. The van der Waals surface area contributed by atoms with Gasteiger partial charge in [0.05, 0.1) is 6.42 Å². The molecule has 1 fully saturated rings. The molecular weight excluding hydrogens is 293 g/mol. The molecule has 4 heteroatoms. The standard InChI is InChI=1S/C16H21Cl2NO/c17-10-13-5-1-2-6-14(13)11-19-16(20)9-12-4-3-7-15(18)8-12/h3-4,7-8,13-14H,1-2,5-6,9-11H2,(H,19,20). The smallest absolute Gasteiger partial charge is 0.224 e. The van der Waals surface area contributed by atoms with Gasteiger partial charge in [0.25, 0.3) is 0 Å². The highest BCUT2D eigenvalue weighted by Gasteiger charge is 2.24. The molecule has 0 heterocycles. The van der Waals surface area contributed by atoms with Gasteiger partial charge in [-0.2, -0.15) is 0 Å². The predicted molar refractivity (Wildman–Crippen MR) is 84.3 cm³/mol. The maximum absolute atomic E-state index is 12.0. The Kier molecular flexibility index (Phi) is 6.18. The summed E-state index contributed by atoms with van der Waals surface area (Å²) < 4.78 is 0. The van der Waals surface area contributed by atoms with E-state index in [-0.39, 0.29) is 5.91 Å². The molecule has 1 saturated carbocycles. The summed E-state index contributed by atoms with van der Waals surface area (Å²) in [4.78, 5) is 12.0. The van der Waals surface area contributed by atoms with E-state index in [1.165, 1.54) is 25.7 Å². The number of nitrogens with one attached hydrogen (secondary N) is 1. The number of carbonyl (C=O) groups is 1. The van der Waals surface area contributed by atoms with Gasteiger partial charge < -0.3 is 5.32 Å². The first-order valence-corrected chi connectivity index (χ1v) is 8.17. The van der Waals surface area contributed by atoms with Crippen molar-refractivity contribution in [1.29, 1.82) is 0 Å². The second-order valence-electron chi connectivity index (χ2n) is 5.57. The zero-order valence-electron chi connectivity index (χ0n) is 11.6. The highest BCUT2D eigenvalue weighted by atomic mass is 35.5.